The molecule has 2 aromatic heterocycles. The number of sulfone groups is 1. The zero-order chi connectivity index (χ0) is 12.8. The van der Waals surface area contributed by atoms with Crippen molar-refractivity contribution >= 4 is 78.9 Å². The van der Waals surface area contributed by atoms with Crippen LogP contribution in [0.15, 0.2) is 19.2 Å². The molecule has 0 aliphatic heterocycles. The molecule has 0 aliphatic carbocycles. The Hall–Kier alpha value is 0.510. The third-order valence-corrected chi connectivity index (χ3v) is 8.91. The predicted octanol–water partition coefficient (Wildman–Crippen LogP) is 5.26. The van der Waals surface area contributed by atoms with Crippen molar-refractivity contribution in [3.63, 3.8) is 0 Å². The molecule has 92 valence electrons. The largest absolute Gasteiger partial charge is 0.228 e. The van der Waals surface area contributed by atoms with Gasteiger partial charge in [-0.1, -0.05) is 46.4 Å². The summed E-state index contributed by atoms with van der Waals surface area (Å²) in [5, 5.41) is 3.34. The smallest absolute Gasteiger partial charge is 0.217 e. The molecule has 0 radical (unpaired) electrons. The van der Waals surface area contributed by atoms with Crippen molar-refractivity contribution in [1.82, 2.24) is 0 Å². The van der Waals surface area contributed by atoms with Crippen LogP contribution in [-0.4, -0.2) is 8.42 Å². The van der Waals surface area contributed by atoms with Gasteiger partial charge >= 0.3 is 0 Å². The van der Waals surface area contributed by atoms with Gasteiger partial charge in [-0.25, -0.2) is 8.42 Å². The molecular weight excluding hydrogens is 366 g/mol. The number of rotatable bonds is 2. The molecule has 2 nitrogen and oxygen atoms in total. The molecule has 9 heteroatoms. The van der Waals surface area contributed by atoms with Crippen molar-refractivity contribution in [2.24, 2.45) is 0 Å². The highest BCUT2D eigenvalue weighted by Crippen LogP contribution is 2.43. The molecule has 2 aromatic rings. The van der Waals surface area contributed by atoms with Gasteiger partial charge in [-0.3, -0.25) is 0 Å². The van der Waals surface area contributed by atoms with E-state index in [1.54, 1.807) is 0 Å². The second kappa shape index (κ2) is 4.89. The van der Waals surface area contributed by atoms with Crippen LogP contribution in [0.25, 0.3) is 0 Å². The number of hydrogen-bond donors (Lipinski definition) is 0. The Bertz CT molecular complexity index is 619. The number of thiophene rings is 2. The Kier molecular flexibility index (Phi) is 4.00. The average Bonchev–Trinajstić information content (AvgIpc) is 2.75. The monoisotopic (exact) mass is 366 g/mol. The van der Waals surface area contributed by atoms with Gasteiger partial charge in [-0.05, 0) is 0 Å². The van der Waals surface area contributed by atoms with Crippen LogP contribution in [0, 0.1) is 0 Å². The molecule has 2 heterocycles. The highest BCUT2D eigenvalue weighted by Gasteiger charge is 2.29. The maximum Gasteiger partial charge on any atom is 0.228 e. The Morgan fingerprint density at radius 3 is 1.41 bits per heavy atom. The van der Waals surface area contributed by atoms with Crippen molar-refractivity contribution in [1.29, 1.82) is 0 Å². The first-order valence-electron chi connectivity index (χ1n) is 3.95. The lowest BCUT2D eigenvalue weighted by Gasteiger charge is -2.00. The molecule has 0 aliphatic rings. The lowest BCUT2D eigenvalue weighted by molar-refractivity contribution is 0.600. The molecule has 0 saturated carbocycles. The zero-order valence-corrected chi connectivity index (χ0v) is 13.2. The summed E-state index contributed by atoms with van der Waals surface area (Å²) in [4.78, 5) is 0. The standard InChI is InChI=1S/C8H2Cl4O2S3/c9-3-1-15-7(5(3)11)17(13,14)8-6(12)4(10)2-16-8/h1-2H. The van der Waals surface area contributed by atoms with Gasteiger partial charge in [0.25, 0.3) is 0 Å². The highest BCUT2D eigenvalue weighted by atomic mass is 35.5. The van der Waals surface area contributed by atoms with Crippen molar-refractivity contribution in [3.05, 3.63) is 30.9 Å². The van der Waals surface area contributed by atoms with E-state index in [1.165, 1.54) is 10.8 Å². The fraction of sp³-hybridized carbons (Fsp3) is 0. The molecule has 2 rings (SSSR count). The zero-order valence-electron chi connectivity index (χ0n) is 7.71. The molecule has 0 fully saturated rings. The van der Waals surface area contributed by atoms with Crippen molar-refractivity contribution in [3.8, 4) is 0 Å². The topological polar surface area (TPSA) is 34.1 Å². The minimum Gasteiger partial charge on any atom is -0.217 e. The summed E-state index contributed by atoms with van der Waals surface area (Å²) in [6.45, 7) is 0. The van der Waals surface area contributed by atoms with Crippen LogP contribution in [0.4, 0.5) is 0 Å². The number of halogens is 4. The van der Waals surface area contributed by atoms with E-state index in [4.69, 9.17) is 46.4 Å². The maximum atomic E-state index is 12.2. The van der Waals surface area contributed by atoms with E-state index in [0.29, 0.717) is 0 Å². The molecule has 0 aromatic carbocycles. The quantitative estimate of drug-likeness (QED) is 0.725. The van der Waals surface area contributed by atoms with Gasteiger partial charge in [0, 0.05) is 10.8 Å². The summed E-state index contributed by atoms with van der Waals surface area (Å²) >= 11 is 25.0. The van der Waals surface area contributed by atoms with Gasteiger partial charge in [0.05, 0.1) is 20.1 Å². The van der Waals surface area contributed by atoms with Gasteiger partial charge in [-0.15, -0.1) is 22.7 Å². The van der Waals surface area contributed by atoms with Crippen LogP contribution in [0.2, 0.25) is 20.1 Å². The van der Waals surface area contributed by atoms with Crippen LogP contribution in [0.3, 0.4) is 0 Å². The second-order valence-electron chi connectivity index (χ2n) is 2.87. The molecular formula is C8H2Cl4O2S3. The Morgan fingerprint density at radius 2 is 1.18 bits per heavy atom. The minimum absolute atomic E-state index is 0.0113. The van der Waals surface area contributed by atoms with E-state index in [1.807, 2.05) is 0 Å². The molecule has 0 bridgehead atoms. The third kappa shape index (κ3) is 2.34. The van der Waals surface area contributed by atoms with Crippen LogP contribution in [0.5, 0.6) is 0 Å². The van der Waals surface area contributed by atoms with E-state index in [2.05, 4.69) is 0 Å². The van der Waals surface area contributed by atoms with Gasteiger partial charge in [-0.2, -0.15) is 0 Å². The van der Waals surface area contributed by atoms with Gasteiger partial charge in [0.2, 0.25) is 9.84 Å². The minimum atomic E-state index is -3.75. The molecule has 0 saturated heterocycles. The van der Waals surface area contributed by atoms with Crippen molar-refractivity contribution < 1.29 is 8.42 Å². The summed E-state index contributed by atoms with van der Waals surface area (Å²) in [5.74, 6) is 0. The summed E-state index contributed by atoms with van der Waals surface area (Å²) < 4.78 is 24.4. The summed E-state index contributed by atoms with van der Waals surface area (Å²) in [6.07, 6.45) is 0. The normalized spacial score (nSPS) is 12.0. The van der Waals surface area contributed by atoms with Gasteiger partial charge in [0.15, 0.2) is 0 Å². The fourth-order valence-electron chi connectivity index (χ4n) is 1.06. The lowest BCUT2D eigenvalue weighted by atomic mass is 10.6. The fourth-order valence-corrected chi connectivity index (χ4v) is 6.76. The SMILES string of the molecule is O=S(=O)(c1scc(Cl)c1Cl)c1scc(Cl)c1Cl. The first-order valence-corrected chi connectivity index (χ1v) is 8.71. The first kappa shape index (κ1) is 13.9. The summed E-state index contributed by atoms with van der Waals surface area (Å²) in [5.41, 5.74) is 0. The molecule has 0 amide bonds. The van der Waals surface area contributed by atoms with E-state index in [0.717, 1.165) is 22.7 Å². The van der Waals surface area contributed by atoms with Crippen molar-refractivity contribution in [2.75, 3.05) is 0 Å². The number of hydrogen-bond acceptors (Lipinski definition) is 4. The summed E-state index contributed by atoms with van der Waals surface area (Å²) in [6, 6.07) is 0. The average molecular weight is 368 g/mol. The lowest BCUT2D eigenvalue weighted by Crippen LogP contribution is -1.98. The van der Waals surface area contributed by atoms with Gasteiger partial charge in [0.1, 0.15) is 8.42 Å². The molecule has 0 atom stereocenters. The Morgan fingerprint density at radius 1 is 0.824 bits per heavy atom. The van der Waals surface area contributed by atoms with E-state index < -0.39 is 9.84 Å². The third-order valence-electron chi connectivity index (χ3n) is 1.80. The highest BCUT2D eigenvalue weighted by molar-refractivity contribution is 7.95. The Labute approximate surface area is 126 Å². The van der Waals surface area contributed by atoms with Crippen LogP contribution < -0.4 is 0 Å². The first-order chi connectivity index (χ1) is 7.85. The van der Waals surface area contributed by atoms with E-state index >= 15 is 0 Å². The van der Waals surface area contributed by atoms with Crippen LogP contribution in [-0.2, 0) is 9.84 Å². The van der Waals surface area contributed by atoms with E-state index in [-0.39, 0.29) is 28.5 Å². The van der Waals surface area contributed by atoms with E-state index in [9.17, 15) is 8.42 Å². The Balaban J connectivity index is 2.66. The molecule has 0 unspecified atom stereocenters. The molecule has 17 heavy (non-hydrogen) atoms. The van der Waals surface area contributed by atoms with Crippen LogP contribution in [0.1, 0.15) is 0 Å². The molecule has 0 N–H and O–H groups in total. The molecule has 0 spiro atoms. The van der Waals surface area contributed by atoms with Crippen LogP contribution >= 0.6 is 69.1 Å². The van der Waals surface area contributed by atoms with Crippen molar-refractivity contribution in [2.45, 2.75) is 8.42 Å². The van der Waals surface area contributed by atoms with Gasteiger partial charge < -0.3 is 0 Å². The maximum absolute atomic E-state index is 12.2. The second-order valence-corrected chi connectivity index (χ2v) is 8.54. The predicted molar refractivity (Wildman–Crippen MR) is 74.1 cm³/mol. The summed E-state index contributed by atoms with van der Waals surface area (Å²) in [7, 11) is -3.75.